The fraction of sp³-hybridized carbons (Fsp3) is 0.429. The zero-order valence-electron chi connectivity index (χ0n) is 15.0. The number of aromatic nitrogens is 4. The average molecular weight is 363 g/mol. The molecule has 0 aliphatic heterocycles. The van der Waals surface area contributed by atoms with E-state index in [9.17, 15) is 13.2 Å². The third-order valence-electron chi connectivity index (χ3n) is 2.73. The summed E-state index contributed by atoms with van der Waals surface area (Å²) in [5.41, 5.74) is 0.155. The molecule has 0 unspecified atom stereocenters. The van der Waals surface area contributed by atoms with Gasteiger partial charge in [0.1, 0.15) is 16.9 Å². The second-order valence-corrected chi connectivity index (χ2v) is 5.46. The molecule has 0 fully saturated rings. The molecule has 2 rings (SSSR count). The van der Waals surface area contributed by atoms with Crippen LogP contribution in [0.2, 0.25) is 5.15 Å². The van der Waals surface area contributed by atoms with Gasteiger partial charge in [-0.15, -0.1) is 0 Å². The molecule has 0 aromatic carbocycles. The topological polar surface area (TPSA) is 75.6 Å². The predicted molar refractivity (Wildman–Crippen MR) is 86.0 cm³/mol. The molecular weight excluding hydrogens is 345 g/mol. The van der Waals surface area contributed by atoms with Crippen LogP contribution in [0, 0.1) is 0 Å². The van der Waals surface area contributed by atoms with Gasteiger partial charge in [0.2, 0.25) is 11.9 Å². The van der Waals surface area contributed by atoms with Crippen LogP contribution < -0.4 is 10.6 Å². The summed E-state index contributed by atoms with van der Waals surface area (Å²) in [6.45, 7) is 3.97. The van der Waals surface area contributed by atoms with Crippen molar-refractivity contribution in [2.24, 2.45) is 0 Å². The van der Waals surface area contributed by atoms with Gasteiger partial charge < -0.3 is 10.6 Å². The molecule has 0 saturated carbocycles. The zero-order valence-corrected chi connectivity index (χ0v) is 13.8. The van der Waals surface area contributed by atoms with E-state index >= 15 is 0 Å². The lowest BCUT2D eigenvalue weighted by atomic mass is 10.3. The van der Waals surface area contributed by atoms with Gasteiger partial charge in [-0.1, -0.05) is 17.7 Å². The highest BCUT2D eigenvalue weighted by atomic mass is 35.5. The average Bonchev–Trinajstić information content (AvgIpc) is 2.47. The molecule has 0 spiro atoms. The number of anilines is 2. The molecule has 0 bridgehead atoms. The van der Waals surface area contributed by atoms with E-state index in [4.69, 9.17) is 14.3 Å². The molecule has 10 heteroatoms. The van der Waals surface area contributed by atoms with Gasteiger partial charge in [-0.2, -0.15) is 28.1 Å². The smallest absolute Gasteiger partial charge is 0.352 e. The molecule has 0 radical (unpaired) electrons. The molecule has 2 heterocycles. The van der Waals surface area contributed by atoms with Gasteiger partial charge in [0.15, 0.2) is 5.82 Å². The van der Waals surface area contributed by atoms with E-state index in [0.717, 1.165) is 6.92 Å². The van der Waals surface area contributed by atoms with Crippen molar-refractivity contribution in [3.8, 4) is 11.5 Å². The van der Waals surface area contributed by atoms with Crippen molar-refractivity contribution in [1.82, 2.24) is 19.9 Å². The molecule has 2 aromatic rings. The molecule has 0 aliphatic carbocycles. The Morgan fingerprint density at radius 3 is 2.29 bits per heavy atom. The van der Waals surface area contributed by atoms with Crippen LogP contribution in [0.15, 0.2) is 18.2 Å². The first-order chi connectivity index (χ1) is 11.8. The maximum Gasteiger partial charge on any atom is 0.408 e. The van der Waals surface area contributed by atoms with Crippen LogP contribution in [0.3, 0.4) is 0 Å². The van der Waals surface area contributed by atoms with E-state index in [2.05, 4.69) is 30.6 Å². The quantitative estimate of drug-likeness (QED) is 0.788. The van der Waals surface area contributed by atoms with Crippen molar-refractivity contribution in [2.45, 2.75) is 39.0 Å². The second-order valence-electron chi connectivity index (χ2n) is 5.10. The Morgan fingerprint density at radius 2 is 1.75 bits per heavy atom. The van der Waals surface area contributed by atoms with Crippen molar-refractivity contribution in [1.29, 1.82) is 0 Å². The SMILES string of the molecule is [2H]c1ccc(-c2nc(N[C@H](C)C(F)(F)F)nc(NC([2H])(C)C)n2)nc1Cl. The Balaban J connectivity index is 2.47. The lowest BCUT2D eigenvalue weighted by Crippen LogP contribution is -2.34. The molecule has 1 atom stereocenters. The fourth-order valence-corrected chi connectivity index (χ4v) is 1.75. The summed E-state index contributed by atoms with van der Waals surface area (Å²) >= 11 is 5.81. The lowest BCUT2D eigenvalue weighted by Gasteiger charge is -2.18. The number of pyridine rings is 1. The normalized spacial score (nSPS) is 14.6. The summed E-state index contributed by atoms with van der Waals surface area (Å²) in [5.74, 6) is -0.482. The highest BCUT2D eigenvalue weighted by molar-refractivity contribution is 6.29. The van der Waals surface area contributed by atoms with Crippen LogP contribution in [-0.2, 0) is 0 Å². The van der Waals surface area contributed by atoms with Crippen LogP contribution in [0.5, 0.6) is 0 Å². The number of halogens is 4. The number of alkyl halides is 3. The molecule has 0 aliphatic rings. The van der Waals surface area contributed by atoms with Gasteiger partial charge in [0.25, 0.3) is 0 Å². The van der Waals surface area contributed by atoms with Gasteiger partial charge in [-0.3, -0.25) is 0 Å². The monoisotopic (exact) mass is 362 g/mol. The van der Waals surface area contributed by atoms with Crippen LogP contribution in [0.1, 0.15) is 23.5 Å². The Morgan fingerprint density at radius 1 is 1.12 bits per heavy atom. The highest BCUT2D eigenvalue weighted by Crippen LogP contribution is 2.24. The van der Waals surface area contributed by atoms with E-state index < -0.39 is 18.2 Å². The van der Waals surface area contributed by atoms with Crippen LogP contribution in [0.25, 0.3) is 11.5 Å². The third-order valence-corrected chi connectivity index (χ3v) is 2.92. The van der Waals surface area contributed by atoms with Crippen molar-refractivity contribution in [2.75, 3.05) is 10.6 Å². The van der Waals surface area contributed by atoms with Gasteiger partial charge in [0.05, 0.1) is 2.74 Å². The Kier molecular flexibility index (Phi) is 4.59. The minimum Gasteiger partial charge on any atom is -0.352 e. The molecule has 2 aromatic heterocycles. The number of hydrogen-bond acceptors (Lipinski definition) is 6. The standard InChI is InChI=1S/C14H16ClF3N6/c1-7(2)19-12-22-11(9-5-4-6-10(15)21-9)23-13(24-12)20-8(3)14(16,17)18/h4-8H,1-3H3,(H2,19,20,22,23,24)/t8-/m1/s1/i6D,7D. The van der Waals surface area contributed by atoms with E-state index in [1.54, 1.807) is 0 Å². The first-order valence-corrected chi connectivity index (χ1v) is 7.24. The Hall–Kier alpha value is -2.16. The van der Waals surface area contributed by atoms with Crippen molar-refractivity contribution in [3.63, 3.8) is 0 Å². The summed E-state index contributed by atoms with van der Waals surface area (Å²) in [5, 5.41) is 4.71. The molecule has 130 valence electrons. The minimum atomic E-state index is -4.50. The van der Waals surface area contributed by atoms with Gasteiger partial charge in [-0.05, 0) is 32.9 Å². The molecule has 24 heavy (non-hydrogen) atoms. The van der Waals surface area contributed by atoms with E-state index in [1.165, 1.54) is 26.0 Å². The fourth-order valence-electron chi connectivity index (χ4n) is 1.60. The van der Waals surface area contributed by atoms with E-state index in [-0.39, 0.29) is 34.6 Å². The van der Waals surface area contributed by atoms with Crippen molar-refractivity contribution in [3.05, 3.63) is 23.3 Å². The van der Waals surface area contributed by atoms with Gasteiger partial charge in [-0.25, -0.2) is 4.98 Å². The zero-order chi connectivity index (χ0) is 19.7. The molecule has 6 nitrogen and oxygen atoms in total. The minimum absolute atomic E-state index is 0.0147. The maximum atomic E-state index is 12.8. The second kappa shape index (κ2) is 7.16. The summed E-state index contributed by atoms with van der Waals surface area (Å²) in [4.78, 5) is 15.8. The first kappa shape index (κ1) is 15.4. The molecular formula is C14H16ClF3N6. The van der Waals surface area contributed by atoms with Gasteiger partial charge in [0, 0.05) is 6.02 Å². The number of hydrogen-bond donors (Lipinski definition) is 2. The molecule has 0 saturated heterocycles. The van der Waals surface area contributed by atoms with Crippen molar-refractivity contribution >= 4 is 23.5 Å². The molecule has 0 amide bonds. The number of rotatable bonds is 5. The largest absolute Gasteiger partial charge is 0.408 e. The third kappa shape index (κ3) is 4.92. The summed E-state index contributed by atoms with van der Waals surface area (Å²) in [6, 6.07) is -0.319. The first-order valence-electron chi connectivity index (χ1n) is 7.86. The summed E-state index contributed by atoms with van der Waals surface area (Å²) in [7, 11) is 0. The summed E-state index contributed by atoms with van der Waals surface area (Å²) < 4.78 is 53.8. The number of nitrogens with zero attached hydrogens (tertiary/aromatic N) is 4. The lowest BCUT2D eigenvalue weighted by molar-refractivity contribution is -0.138. The Labute approximate surface area is 144 Å². The summed E-state index contributed by atoms with van der Waals surface area (Å²) in [6.07, 6.45) is -4.50. The Bertz CT molecular complexity index is 797. The van der Waals surface area contributed by atoms with Crippen LogP contribution in [-0.4, -0.2) is 38.2 Å². The van der Waals surface area contributed by atoms with Crippen LogP contribution in [0.4, 0.5) is 25.1 Å². The van der Waals surface area contributed by atoms with E-state index in [1.807, 2.05) is 0 Å². The van der Waals surface area contributed by atoms with E-state index in [0.29, 0.717) is 0 Å². The maximum absolute atomic E-state index is 12.8. The predicted octanol–water partition coefficient (Wildman–Crippen LogP) is 3.77. The van der Waals surface area contributed by atoms with Gasteiger partial charge >= 0.3 is 6.18 Å². The molecule has 2 N–H and O–H groups in total. The number of nitrogens with one attached hydrogen (secondary N) is 2. The van der Waals surface area contributed by atoms with Crippen LogP contribution >= 0.6 is 11.6 Å². The van der Waals surface area contributed by atoms with Crippen molar-refractivity contribution < 1.29 is 15.9 Å². The highest BCUT2D eigenvalue weighted by Gasteiger charge is 2.36.